The van der Waals surface area contributed by atoms with Gasteiger partial charge in [-0.05, 0) is 30.5 Å². The van der Waals surface area contributed by atoms with Gasteiger partial charge in [0.05, 0.1) is 15.6 Å². The third-order valence-corrected chi connectivity index (χ3v) is 3.37. The summed E-state index contributed by atoms with van der Waals surface area (Å²) in [6.45, 7) is 7.26. The van der Waals surface area contributed by atoms with Crippen molar-refractivity contribution in [2.75, 3.05) is 13.1 Å². The number of amides is 1. The van der Waals surface area contributed by atoms with E-state index >= 15 is 0 Å². The fourth-order valence-corrected chi connectivity index (χ4v) is 2.33. The summed E-state index contributed by atoms with van der Waals surface area (Å²) in [5.41, 5.74) is 7.09. The number of thiocarbonyl (C=S) groups is 1. The fraction of sp³-hybridized carbons (Fsp3) is 0.467. The third kappa shape index (κ3) is 5.10. The number of carbonyl (C=O) groups is 1. The van der Waals surface area contributed by atoms with Crippen molar-refractivity contribution in [1.82, 2.24) is 4.90 Å². The zero-order chi connectivity index (χ0) is 15.3. The quantitative estimate of drug-likeness (QED) is 0.819. The van der Waals surface area contributed by atoms with Crippen LogP contribution in [0.2, 0.25) is 5.02 Å². The van der Waals surface area contributed by atoms with E-state index in [-0.39, 0.29) is 5.91 Å². The monoisotopic (exact) mass is 312 g/mol. The topological polar surface area (TPSA) is 46.3 Å². The van der Waals surface area contributed by atoms with Gasteiger partial charge in [-0.1, -0.05) is 43.7 Å². The molecule has 110 valence electrons. The molecule has 0 heterocycles. The highest BCUT2D eigenvalue weighted by atomic mass is 35.5. The van der Waals surface area contributed by atoms with E-state index in [4.69, 9.17) is 29.6 Å². The molecular formula is C15H21ClN2OS. The van der Waals surface area contributed by atoms with E-state index in [0.29, 0.717) is 41.0 Å². The molecule has 5 heteroatoms. The molecule has 1 amide bonds. The van der Waals surface area contributed by atoms with Gasteiger partial charge in [-0.25, -0.2) is 0 Å². The second-order valence-electron chi connectivity index (χ2n) is 5.34. The minimum atomic E-state index is -0.0695. The number of rotatable bonds is 6. The molecule has 0 aliphatic carbocycles. The van der Waals surface area contributed by atoms with E-state index in [9.17, 15) is 4.79 Å². The summed E-state index contributed by atoms with van der Waals surface area (Å²) in [4.78, 5) is 14.8. The van der Waals surface area contributed by atoms with Crippen LogP contribution in [0.15, 0.2) is 18.2 Å². The maximum atomic E-state index is 12.6. The van der Waals surface area contributed by atoms with Crippen molar-refractivity contribution in [3.63, 3.8) is 0 Å². The molecule has 3 nitrogen and oxygen atoms in total. The van der Waals surface area contributed by atoms with Crippen LogP contribution in [-0.4, -0.2) is 28.9 Å². The second-order valence-corrected chi connectivity index (χ2v) is 6.28. The molecule has 2 N–H and O–H groups in total. The predicted octanol–water partition coefficient (Wildman–Crippen LogP) is 3.42. The summed E-state index contributed by atoms with van der Waals surface area (Å²) in [6.07, 6.45) is 0.525. The first kappa shape index (κ1) is 16.9. The molecule has 1 rings (SSSR count). The second kappa shape index (κ2) is 7.60. The molecule has 0 bridgehead atoms. The van der Waals surface area contributed by atoms with E-state index in [2.05, 4.69) is 13.8 Å². The molecule has 0 radical (unpaired) electrons. The van der Waals surface area contributed by atoms with Crippen LogP contribution in [0.25, 0.3) is 0 Å². The third-order valence-electron chi connectivity index (χ3n) is 2.86. The van der Waals surface area contributed by atoms with Crippen molar-refractivity contribution in [3.8, 4) is 0 Å². The molecule has 0 unspecified atom stereocenters. The van der Waals surface area contributed by atoms with Crippen molar-refractivity contribution in [1.29, 1.82) is 0 Å². The van der Waals surface area contributed by atoms with Crippen LogP contribution < -0.4 is 5.73 Å². The summed E-state index contributed by atoms with van der Waals surface area (Å²) in [5.74, 6) is 0.300. The van der Waals surface area contributed by atoms with Gasteiger partial charge in [-0.15, -0.1) is 0 Å². The highest BCUT2D eigenvalue weighted by molar-refractivity contribution is 7.80. The standard InChI is InChI=1S/C15H21ClN2OS/c1-10(2)9-18(7-6-14(17)20)15(19)12-5-4-11(3)8-13(12)16/h4-5,8,10H,6-7,9H2,1-3H3,(H2,17,20). The number of benzene rings is 1. The van der Waals surface area contributed by atoms with Gasteiger partial charge in [-0.2, -0.15) is 0 Å². The molecule has 0 atom stereocenters. The van der Waals surface area contributed by atoms with Crippen LogP contribution in [0.1, 0.15) is 36.2 Å². The van der Waals surface area contributed by atoms with E-state index in [1.165, 1.54) is 0 Å². The van der Waals surface area contributed by atoms with E-state index in [1.54, 1.807) is 17.0 Å². The van der Waals surface area contributed by atoms with E-state index in [0.717, 1.165) is 5.56 Å². The van der Waals surface area contributed by atoms with Crippen LogP contribution >= 0.6 is 23.8 Å². The fourth-order valence-electron chi connectivity index (χ4n) is 1.93. The van der Waals surface area contributed by atoms with E-state index < -0.39 is 0 Å². The molecule has 1 aromatic rings. The lowest BCUT2D eigenvalue weighted by Crippen LogP contribution is -2.36. The first-order valence-corrected chi connectivity index (χ1v) is 7.43. The number of hydrogen-bond acceptors (Lipinski definition) is 2. The lowest BCUT2D eigenvalue weighted by atomic mass is 10.1. The summed E-state index contributed by atoms with van der Waals surface area (Å²) in [6, 6.07) is 5.46. The molecule has 0 saturated heterocycles. The van der Waals surface area contributed by atoms with Gasteiger partial charge >= 0.3 is 0 Å². The van der Waals surface area contributed by atoms with Crippen LogP contribution in [0.4, 0.5) is 0 Å². The zero-order valence-corrected chi connectivity index (χ0v) is 13.7. The molecule has 0 saturated carbocycles. The van der Waals surface area contributed by atoms with Gasteiger partial charge in [-0.3, -0.25) is 4.79 Å². The van der Waals surface area contributed by atoms with Crippen molar-refractivity contribution in [2.45, 2.75) is 27.2 Å². The van der Waals surface area contributed by atoms with Crippen LogP contribution in [-0.2, 0) is 0 Å². The molecule has 0 fully saturated rings. The SMILES string of the molecule is Cc1ccc(C(=O)N(CCC(N)=S)CC(C)C)c(Cl)c1. The lowest BCUT2D eigenvalue weighted by Gasteiger charge is -2.25. The van der Waals surface area contributed by atoms with Gasteiger partial charge in [0.15, 0.2) is 0 Å². The Morgan fingerprint density at radius 3 is 2.60 bits per heavy atom. The number of nitrogens with zero attached hydrogens (tertiary/aromatic N) is 1. The van der Waals surface area contributed by atoms with Gasteiger partial charge in [0.25, 0.3) is 5.91 Å². The molecular weight excluding hydrogens is 292 g/mol. The lowest BCUT2D eigenvalue weighted by molar-refractivity contribution is 0.0741. The number of aryl methyl sites for hydroxylation is 1. The Kier molecular flexibility index (Phi) is 6.43. The average Bonchev–Trinajstić information content (AvgIpc) is 2.33. The van der Waals surface area contributed by atoms with Gasteiger partial charge in [0.1, 0.15) is 0 Å². The number of halogens is 1. The summed E-state index contributed by atoms with van der Waals surface area (Å²) >= 11 is 11.1. The molecule has 0 aliphatic rings. The van der Waals surface area contributed by atoms with Gasteiger partial charge in [0.2, 0.25) is 0 Å². The van der Waals surface area contributed by atoms with Crippen molar-refractivity contribution >= 4 is 34.7 Å². The number of hydrogen-bond donors (Lipinski definition) is 1. The summed E-state index contributed by atoms with van der Waals surface area (Å²) in [7, 11) is 0. The first-order valence-electron chi connectivity index (χ1n) is 6.65. The Hall–Kier alpha value is -1.13. The highest BCUT2D eigenvalue weighted by Gasteiger charge is 2.19. The van der Waals surface area contributed by atoms with Crippen LogP contribution in [0, 0.1) is 12.8 Å². The van der Waals surface area contributed by atoms with Gasteiger partial charge in [0, 0.05) is 19.5 Å². The Morgan fingerprint density at radius 2 is 2.10 bits per heavy atom. The van der Waals surface area contributed by atoms with Crippen molar-refractivity contribution in [2.24, 2.45) is 11.7 Å². The molecule has 1 aromatic carbocycles. The Labute approximate surface area is 131 Å². The van der Waals surface area contributed by atoms with E-state index in [1.807, 2.05) is 13.0 Å². The van der Waals surface area contributed by atoms with Crippen molar-refractivity contribution < 1.29 is 4.79 Å². The number of nitrogens with two attached hydrogens (primary N) is 1. The maximum absolute atomic E-state index is 12.6. The average molecular weight is 313 g/mol. The molecule has 20 heavy (non-hydrogen) atoms. The Morgan fingerprint density at radius 1 is 1.45 bits per heavy atom. The van der Waals surface area contributed by atoms with Gasteiger partial charge < -0.3 is 10.6 Å². The molecule has 0 spiro atoms. The van der Waals surface area contributed by atoms with Crippen LogP contribution in [0.5, 0.6) is 0 Å². The maximum Gasteiger partial charge on any atom is 0.255 e. The first-order chi connectivity index (χ1) is 9.31. The molecule has 0 aromatic heterocycles. The normalized spacial score (nSPS) is 10.7. The number of carbonyl (C=O) groups excluding carboxylic acids is 1. The van der Waals surface area contributed by atoms with Crippen molar-refractivity contribution in [3.05, 3.63) is 34.3 Å². The Balaban J connectivity index is 2.93. The highest BCUT2D eigenvalue weighted by Crippen LogP contribution is 2.20. The predicted molar refractivity (Wildman–Crippen MR) is 88.3 cm³/mol. The summed E-state index contributed by atoms with van der Waals surface area (Å²) < 4.78 is 0. The molecule has 0 aliphatic heterocycles. The van der Waals surface area contributed by atoms with Crippen LogP contribution in [0.3, 0.4) is 0 Å². The summed E-state index contributed by atoms with van der Waals surface area (Å²) in [5, 5.41) is 0.485. The zero-order valence-electron chi connectivity index (χ0n) is 12.1. The largest absolute Gasteiger partial charge is 0.393 e. The smallest absolute Gasteiger partial charge is 0.255 e. The minimum Gasteiger partial charge on any atom is -0.393 e. The Bertz CT molecular complexity index is 503. The minimum absolute atomic E-state index is 0.0695.